The number of imide groups is 1. The van der Waals surface area contributed by atoms with Crippen LogP contribution in [0.25, 0.3) is 22.0 Å². The van der Waals surface area contributed by atoms with Crippen LogP contribution in [-0.2, 0) is 9.53 Å². The highest BCUT2D eigenvalue weighted by Crippen LogP contribution is 2.31. The van der Waals surface area contributed by atoms with Crippen LogP contribution in [-0.4, -0.2) is 23.1 Å². The van der Waals surface area contributed by atoms with E-state index in [-0.39, 0.29) is 17.3 Å². The third kappa shape index (κ3) is 3.40. The molecule has 2 amide bonds. The maximum Gasteiger partial charge on any atom is 0.414 e. The van der Waals surface area contributed by atoms with E-state index >= 15 is 0 Å². The second kappa shape index (κ2) is 7.16. The van der Waals surface area contributed by atoms with Gasteiger partial charge in [-0.3, -0.25) is 14.9 Å². The minimum Gasteiger partial charge on any atom is -0.435 e. The number of rotatable bonds is 4. The number of carbonyl (C=O) groups is 2. The molecule has 2 heterocycles. The number of hydrogen-bond acceptors (Lipinski definition) is 4. The predicted molar refractivity (Wildman–Crippen MR) is 106 cm³/mol. The number of aromatic amines is 1. The second-order valence-corrected chi connectivity index (χ2v) is 7.42. The topological polar surface area (TPSA) is 88.3 Å². The summed E-state index contributed by atoms with van der Waals surface area (Å²) in [4.78, 5) is 39.1. The minimum absolute atomic E-state index is 0.127. The molecule has 0 bridgehead atoms. The van der Waals surface area contributed by atoms with Gasteiger partial charge in [-0.2, -0.15) is 0 Å². The van der Waals surface area contributed by atoms with E-state index in [1.165, 1.54) is 6.07 Å². The molecule has 2 aromatic carbocycles. The van der Waals surface area contributed by atoms with Crippen LogP contribution in [0.15, 0.2) is 53.3 Å². The summed E-state index contributed by atoms with van der Waals surface area (Å²) >= 11 is 0. The number of alkyl carbamates (subject to hydrolysis) is 1. The Morgan fingerprint density at radius 2 is 1.83 bits per heavy atom. The quantitative estimate of drug-likeness (QED) is 0.706. The molecule has 0 aliphatic carbocycles. The highest BCUT2D eigenvalue weighted by Gasteiger charge is 2.41. The first-order valence-electron chi connectivity index (χ1n) is 9.28. The van der Waals surface area contributed by atoms with E-state index in [1.54, 1.807) is 36.4 Å². The molecular formula is C22H19FN2O4. The van der Waals surface area contributed by atoms with Crippen molar-refractivity contribution < 1.29 is 18.7 Å². The lowest BCUT2D eigenvalue weighted by atomic mass is 9.84. The van der Waals surface area contributed by atoms with Crippen LogP contribution in [0.4, 0.5) is 9.18 Å². The summed E-state index contributed by atoms with van der Waals surface area (Å²) in [5.74, 6) is -1.61. The Morgan fingerprint density at radius 1 is 1.03 bits per heavy atom. The van der Waals surface area contributed by atoms with E-state index in [1.807, 2.05) is 19.9 Å². The number of nitrogens with one attached hydrogen (secondary N) is 2. The Balaban J connectivity index is 1.74. The number of benzene rings is 2. The zero-order chi connectivity index (χ0) is 20.7. The number of pyridine rings is 1. The highest BCUT2D eigenvalue weighted by molar-refractivity contribution is 6.00. The number of hydrogen-bond donors (Lipinski definition) is 2. The van der Waals surface area contributed by atoms with E-state index in [0.717, 1.165) is 5.39 Å². The molecule has 1 aliphatic heterocycles. The summed E-state index contributed by atoms with van der Waals surface area (Å²) in [5.41, 5.74) is 1.16. The molecule has 0 unspecified atom stereocenters. The van der Waals surface area contributed by atoms with E-state index < -0.39 is 24.0 Å². The van der Waals surface area contributed by atoms with E-state index in [2.05, 4.69) is 10.3 Å². The monoisotopic (exact) mass is 394 g/mol. The fourth-order valence-corrected chi connectivity index (χ4v) is 3.80. The molecule has 6 nitrogen and oxygen atoms in total. The number of aromatic nitrogens is 1. The van der Waals surface area contributed by atoms with Gasteiger partial charge in [0.25, 0.3) is 11.5 Å². The van der Waals surface area contributed by atoms with Crippen molar-refractivity contribution in [1.82, 2.24) is 10.3 Å². The molecule has 0 radical (unpaired) electrons. The summed E-state index contributed by atoms with van der Waals surface area (Å²) in [6, 6.07) is 13.5. The predicted octanol–water partition coefficient (Wildman–Crippen LogP) is 3.71. The van der Waals surface area contributed by atoms with Crippen molar-refractivity contribution >= 4 is 22.8 Å². The maximum atomic E-state index is 14.1. The van der Waals surface area contributed by atoms with Crippen molar-refractivity contribution in [1.29, 1.82) is 0 Å². The molecule has 1 aromatic heterocycles. The fourth-order valence-electron chi connectivity index (χ4n) is 3.80. The molecule has 148 valence electrons. The van der Waals surface area contributed by atoms with Crippen molar-refractivity contribution in [2.24, 2.45) is 5.92 Å². The van der Waals surface area contributed by atoms with Gasteiger partial charge in [0.1, 0.15) is 5.82 Å². The third-order valence-corrected chi connectivity index (χ3v) is 5.20. The lowest BCUT2D eigenvalue weighted by Gasteiger charge is -2.24. The minimum atomic E-state index is -1.05. The van der Waals surface area contributed by atoms with Crippen molar-refractivity contribution in [3.8, 4) is 11.3 Å². The van der Waals surface area contributed by atoms with Gasteiger partial charge in [0.15, 0.2) is 6.10 Å². The van der Waals surface area contributed by atoms with E-state index in [0.29, 0.717) is 22.2 Å². The standard InChI is InChI=1S/C22H19FN2O4/c1-11(2)18(19-21(27)25-22(28)29-19)14-8-9-17(24-20(14)26)13-7-6-12-4-3-5-16(23)15(12)10-13/h3-11,18-19H,1-2H3,(H,24,26)(H,25,27,28)/t18-,19-/m0/s1. The first-order chi connectivity index (χ1) is 13.8. The average Bonchev–Trinajstić information content (AvgIpc) is 3.01. The number of cyclic esters (lactones) is 1. The lowest BCUT2D eigenvalue weighted by Crippen LogP contribution is -2.35. The molecule has 1 saturated heterocycles. The molecule has 2 atom stereocenters. The maximum absolute atomic E-state index is 14.1. The second-order valence-electron chi connectivity index (χ2n) is 7.42. The number of fused-ring (bicyclic) bond motifs is 1. The van der Waals surface area contributed by atoms with Crippen molar-refractivity contribution in [3.05, 3.63) is 70.3 Å². The van der Waals surface area contributed by atoms with Crippen molar-refractivity contribution in [2.45, 2.75) is 25.9 Å². The zero-order valence-electron chi connectivity index (χ0n) is 15.9. The highest BCUT2D eigenvalue weighted by atomic mass is 19.1. The summed E-state index contributed by atoms with van der Waals surface area (Å²) in [6.07, 6.45) is -1.86. The first kappa shape index (κ1) is 18.9. The molecule has 2 N–H and O–H groups in total. The Kier molecular flexibility index (Phi) is 4.66. The van der Waals surface area contributed by atoms with Crippen LogP contribution in [0.3, 0.4) is 0 Å². The smallest absolute Gasteiger partial charge is 0.414 e. The first-order valence-corrected chi connectivity index (χ1v) is 9.28. The number of halogens is 1. The van der Waals surface area contributed by atoms with Crippen molar-refractivity contribution in [2.75, 3.05) is 0 Å². The fraction of sp³-hybridized carbons (Fsp3) is 0.227. The van der Waals surface area contributed by atoms with Crippen LogP contribution >= 0.6 is 0 Å². The van der Waals surface area contributed by atoms with Crippen LogP contribution in [0.2, 0.25) is 0 Å². The van der Waals surface area contributed by atoms with E-state index in [4.69, 9.17) is 4.74 Å². The molecule has 29 heavy (non-hydrogen) atoms. The van der Waals surface area contributed by atoms with Gasteiger partial charge in [-0.25, -0.2) is 9.18 Å². The molecule has 0 saturated carbocycles. The Hall–Kier alpha value is -3.48. The molecule has 0 spiro atoms. The molecule has 4 rings (SSSR count). The van der Waals surface area contributed by atoms with E-state index in [9.17, 15) is 18.8 Å². The largest absolute Gasteiger partial charge is 0.435 e. The molecular weight excluding hydrogens is 375 g/mol. The van der Waals surface area contributed by atoms with Gasteiger partial charge >= 0.3 is 6.09 Å². The number of carbonyl (C=O) groups excluding carboxylic acids is 2. The Labute approximate surface area is 165 Å². The summed E-state index contributed by atoms with van der Waals surface area (Å²) in [6.45, 7) is 3.70. The molecule has 1 fully saturated rings. The number of amides is 2. The third-order valence-electron chi connectivity index (χ3n) is 5.20. The van der Waals surface area contributed by atoms with Gasteiger partial charge in [-0.1, -0.05) is 44.2 Å². The SMILES string of the molecule is CC(C)[C@@H](c1ccc(-c2ccc3cccc(F)c3c2)[nH]c1=O)[C@@H]1OC(=O)NC1=O. The van der Waals surface area contributed by atoms with Gasteiger partial charge in [-0.15, -0.1) is 0 Å². The summed E-state index contributed by atoms with van der Waals surface area (Å²) in [5, 5.41) is 3.33. The van der Waals surface area contributed by atoms with Crippen LogP contribution in [0.5, 0.6) is 0 Å². The Morgan fingerprint density at radius 3 is 2.48 bits per heavy atom. The van der Waals surface area contributed by atoms with Gasteiger partial charge in [-0.05, 0) is 35.1 Å². The van der Waals surface area contributed by atoms with Crippen LogP contribution in [0.1, 0.15) is 25.3 Å². The molecule has 7 heteroatoms. The summed E-state index contributed by atoms with van der Waals surface area (Å²) < 4.78 is 19.2. The van der Waals surface area contributed by atoms with Gasteiger partial charge in [0.05, 0.1) is 0 Å². The van der Waals surface area contributed by atoms with Gasteiger partial charge in [0.2, 0.25) is 0 Å². The normalized spacial score (nSPS) is 17.4. The Bertz CT molecular complexity index is 1180. The molecule has 1 aliphatic rings. The van der Waals surface area contributed by atoms with Crippen LogP contribution < -0.4 is 10.9 Å². The van der Waals surface area contributed by atoms with Crippen molar-refractivity contribution in [3.63, 3.8) is 0 Å². The van der Waals surface area contributed by atoms with Gasteiger partial charge < -0.3 is 9.72 Å². The molecule has 3 aromatic rings. The average molecular weight is 394 g/mol. The number of H-pyrrole nitrogens is 1. The van der Waals surface area contributed by atoms with Crippen LogP contribution in [0, 0.1) is 11.7 Å². The number of ether oxygens (including phenoxy) is 1. The zero-order valence-corrected chi connectivity index (χ0v) is 15.9. The summed E-state index contributed by atoms with van der Waals surface area (Å²) in [7, 11) is 0. The van der Waals surface area contributed by atoms with Gasteiger partial charge in [0, 0.05) is 22.6 Å². The lowest BCUT2D eigenvalue weighted by molar-refractivity contribution is -0.124.